The second-order valence-electron chi connectivity index (χ2n) is 5.77. The number of anilines is 1. The zero-order chi connectivity index (χ0) is 15.4. The van der Waals surface area contributed by atoms with Gasteiger partial charge in [-0.15, -0.1) is 0 Å². The van der Waals surface area contributed by atoms with Crippen molar-refractivity contribution < 1.29 is 9.59 Å². The Labute approximate surface area is 126 Å². The van der Waals surface area contributed by atoms with E-state index in [1.54, 1.807) is 4.90 Å². The van der Waals surface area contributed by atoms with Gasteiger partial charge in [0.25, 0.3) is 0 Å². The molecule has 1 saturated heterocycles. The number of nitrogens with one attached hydrogen (secondary N) is 1. The summed E-state index contributed by atoms with van der Waals surface area (Å²) < 4.78 is 0. The minimum atomic E-state index is -0.237. The zero-order valence-electron chi connectivity index (χ0n) is 13.1. The number of nitrogens with zero attached hydrogens (tertiary/aromatic N) is 1. The molecule has 1 fully saturated rings. The Bertz CT molecular complexity index is 523. The molecule has 0 aliphatic carbocycles. The van der Waals surface area contributed by atoms with Crippen molar-refractivity contribution in [2.45, 2.75) is 46.1 Å². The van der Waals surface area contributed by atoms with Crippen molar-refractivity contribution in [1.82, 2.24) is 5.32 Å². The largest absolute Gasteiger partial charge is 0.353 e. The van der Waals surface area contributed by atoms with Gasteiger partial charge in [0.1, 0.15) is 0 Å². The molecule has 114 valence electrons. The van der Waals surface area contributed by atoms with E-state index in [9.17, 15) is 9.59 Å². The smallest absolute Gasteiger partial charge is 0.227 e. The van der Waals surface area contributed by atoms with E-state index < -0.39 is 0 Å². The lowest BCUT2D eigenvalue weighted by atomic mass is 10.1. The van der Waals surface area contributed by atoms with Crippen LogP contribution in [0.4, 0.5) is 5.69 Å². The van der Waals surface area contributed by atoms with Crippen molar-refractivity contribution in [3.8, 4) is 0 Å². The number of hydrogen-bond donors (Lipinski definition) is 1. The highest BCUT2D eigenvalue weighted by atomic mass is 16.2. The lowest BCUT2D eigenvalue weighted by molar-refractivity contribution is -0.127. The first kappa shape index (κ1) is 15.5. The summed E-state index contributed by atoms with van der Waals surface area (Å²) in [5.74, 6) is -0.198. The first-order chi connectivity index (χ1) is 10.0. The van der Waals surface area contributed by atoms with Crippen LogP contribution < -0.4 is 10.2 Å². The van der Waals surface area contributed by atoms with Gasteiger partial charge in [0.2, 0.25) is 11.8 Å². The van der Waals surface area contributed by atoms with Gasteiger partial charge in [-0.3, -0.25) is 9.59 Å². The summed E-state index contributed by atoms with van der Waals surface area (Å²) in [4.78, 5) is 26.2. The van der Waals surface area contributed by atoms with Crippen LogP contribution in [0.5, 0.6) is 0 Å². The van der Waals surface area contributed by atoms with Crippen molar-refractivity contribution >= 4 is 17.5 Å². The number of amides is 2. The van der Waals surface area contributed by atoms with Crippen LogP contribution in [-0.2, 0) is 9.59 Å². The summed E-state index contributed by atoms with van der Waals surface area (Å²) in [6, 6.07) is 8.06. The number of aryl methyl sites for hydroxylation is 1. The Kier molecular flexibility index (Phi) is 4.99. The standard InChI is InChI=1S/C17H24N2O2/c1-4-14(5-2)18-17(21)13-10-16(20)19(11-13)15-8-6-7-12(3)9-15/h6-9,13-14H,4-5,10-11H2,1-3H3,(H,18,21). The van der Waals surface area contributed by atoms with Gasteiger partial charge >= 0.3 is 0 Å². The molecule has 1 heterocycles. The van der Waals surface area contributed by atoms with E-state index in [0.717, 1.165) is 24.1 Å². The predicted octanol–water partition coefficient (Wildman–Crippen LogP) is 2.65. The molecule has 4 nitrogen and oxygen atoms in total. The number of rotatable bonds is 5. The molecule has 1 atom stereocenters. The highest BCUT2D eigenvalue weighted by Crippen LogP contribution is 2.26. The Morgan fingerprint density at radius 3 is 2.71 bits per heavy atom. The first-order valence-corrected chi connectivity index (χ1v) is 7.72. The van der Waals surface area contributed by atoms with E-state index in [2.05, 4.69) is 19.2 Å². The van der Waals surface area contributed by atoms with E-state index in [1.165, 1.54) is 0 Å². The summed E-state index contributed by atoms with van der Waals surface area (Å²) in [5, 5.41) is 3.04. The molecule has 1 aliphatic heterocycles. The van der Waals surface area contributed by atoms with Gasteiger partial charge in [0.05, 0.1) is 5.92 Å². The summed E-state index contributed by atoms with van der Waals surface area (Å²) >= 11 is 0. The van der Waals surface area contributed by atoms with Crippen LogP contribution in [0.15, 0.2) is 24.3 Å². The van der Waals surface area contributed by atoms with E-state index in [1.807, 2.05) is 31.2 Å². The van der Waals surface area contributed by atoms with E-state index >= 15 is 0 Å². The fraction of sp³-hybridized carbons (Fsp3) is 0.529. The third-order valence-corrected chi connectivity index (χ3v) is 4.14. The molecule has 4 heteroatoms. The molecule has 2 amide bonds. The van der Waals surface area contributed by atoms with Crippen LogP contribution in [0.2, 0.25) is 0 Å². The number of benzene rings is 1. The van der Waals surface area contributed by atoms with Crippen LogP contribution >= 0.6 is 0 Å². The molecular formula is C17H24N2O2. The maximum absolute atomic E-state index is 12.3. The molecule has 0 spiro atoms. The Balaban J connectivity index is 2.04. The molecule has 1 aromatic rings. The zero-order valence-corrected chi connectivity index (χ0v) is 13.1. The third kappa shape index (κ3) is 3.63. The van der Waals surface area contributed by atoms with Gasteiger partial charge < -0.3 is 10.2 Å². The molecule has 0 radical (unpaired) electrons. The fourth-order valence-corrected chi connectivity index (χ4v) is 2.74. The maximum Gasteiger partial charge on any atom is 0.227 e. The molecule has 1 aliphatic rings. The molecule has 0 saturated carbocycles. The van der Waals surface area contributed by atoms with Crippen molar-refractivity contribution in [2.75, 3.05) is 11.4 Å². The lowest BCUT2D eigenvalue weighted by Crippen LogP contribution is -2.39. The number of hydrogen-bond acceptors (Lipinski definition) is 2. The third-order valence-electron chi connectivity index (χ3n) is 4.14. The van der Waals surface area contributed by atoms with Crippen molar-refractivity contribution in [1.29, 1.82) is 0 Å². The lowest BCUT2D eigenvalue weighted by Gasteiger charge is -2.19. The van der Waals surface area contributed by atoms with Crippen LogP contribution in [0.25, 0.3) is 0 Å². The Hall–Kier alpha value is -1.84. The highest BCUT2D eigenvalue weighted by Gasteiger charge is 2.35. The van der Waals surface area contributed by atoms with E-state index in [0.29, 0.717) is 13.0 Å². The summed E-state index contributed by atoms with van der Waals surface area (Å²) in [5.41, 5.74) is 2.00. The van der Waals surface area contributed by atoms with E-state index in [-0.39, 0.29) is 23.8 Å². The van der Waals surface area contributed by atoms with Crippen molar-refractivity contribution in [3.63, 3.8) is 0 Å². The van der Waals surface area contributed by atoms with Crippen molar-refractivity contribution in [2.24, 2.45) is 5.92 Å². The monoisotopic (exact) mass is 288 g/mol. The average molecular weight is 288 g/mol. The van der Waals surface area contributed by atoms with Crippen LogP contribution in [0.1, 0.15) is 38.7 Å². The second kappa shape index (κ2) is 6.74. The topological polar surface area (TPSA) is 49.4 Å². The summed E-state index contributed by atoms with van der Waals surface area (Å²) in [7, 11) is 0. The minimum absolute atomic E-state index is 0.00667. The van der Waals surface area contributed by atoms with Crippen LogP contribution in [0.3, 0.4) is 0 Å². The molecule has 21 heavy (non-hydrogen) atoms. The molecule has 1 N–H and O–H groups in total. The maximum atomic E-state index is 12.3. The van der Waals surface area contributed by atoms with Gasteiger partial charge in [-0.25, -0.2) is 0 Å². The van der Waals surface area contributed by atoms with Gasteiger partial charge in [-0.1, -0.05) is 26.0 Å². The quantitative estimate of drug-likeness (QED) is 0.905. The van der Waals surface area contributed by atoms with Gasteiger partial charge in [-0.2, -0.15) is 0 Å². The van der Waals surface area contributed by atoms with Crippen molar-refractivity contribution in [3.05, 3.63) is 29.8 Å². The minimum Gasteiger partial charge on any atom is -0.353 e. The number of carbonyl (C=O) groups is 2. The van der Waals surface area contributed by atoms with Gasteiger partial charge in [0, 0.05) is 24.7 Å². The molecular weight excluding hydrogens is 264 g/mol. The van der Waals surface area contributed by atoms with E-state index in [4.69, 9.17) is 0 Å². The van der Waals surface area contributed by atoms with Gasteiger partial charge in [0.15, 0.2) is 0 Å². The second-order valence-corrected chi connectivity index (χ2v) is 5.77. The molecule has 2 rings (SSSR count). The Morgan fingerprint density at radius 1 is 1.38 bits per heavy atom. The predicted molar refractivity (Wildman–Crippen MR) is 84.2 cm³/mol. The molecule has 1 unspecified atom stereocenters. The summed E-state index contributed by atoms with van der Waals surface area (Å²) in [6.07, 6.45) is 2.15. The number of carbonyl (C=O) groups excluding carboxylic acids is 2. The molecule has 0 bridgehead atoms. The average Bonchev–Trinajstić information content (AvgIpc) is 2.86. The molecule has 1 aromatic carbocycles. The fourth-order valence-electron chi connectivity index (χ4n) is 2.74. The first-order valence-electron chi connectivity index (χ1n) is 7.72. The Morgan fingerprint density at radius 2 is 2.10 bits per heavy atom. The van der Waals surface area contributed by atoms with Gasteiger partial charge in [-0.05, 0) is 37.5 Å². The molecule has 0 aromatic heterocycles. The normalized spacial score (nSPS) is 18.4. The van der Waals surface area contributed by atoms with Crippen LogP contribution in [-0.4, -0.2) is 24.4 Å². The summed E-state index contributed by atoms with van der Waals surface area (Å²) in [6.45, 7) is 6.61. The highest BCUT2D eigenvalue weighted by molar-refractivity contribution is 6.00. The SMILES string of the molecule is CCC(CC)NC(=O)C1CC(=O)N(c2cccc(C)c2)C1. The van der Waals surface area contributed by atoms with Crippen LogP contribution in [0, 0.1) is 12.8 Å².